The maximum atomic E-state index is 10.4. The second kappa shape index (κ2) is 8.73. The van der Waals surface area contributed by atoms with Gasteiger partial charge in [0.1, 0.15) is 0 Å². The van der Waals surface area contributed by atoms with Crippen molar-refractivity contribution in [1.29, 1.82) is 0 Å². The van der Waals surface area contributed by atoms with E-state index in [0.29, 0.717) is 6.42 Å². The van der Waals surface area contributed by atoms with Crippen LogP contribution in [-0.2, 0) is 17.6 Å². The number of hydrogen-bond donors (Lipinski definition) is 1. The lowest BCUT2D eigenvalue weighted by Gasteiger charge is -2.09. The third-order valence-corrected chi connectivity index (χ3v) is 3.66. The molecule has 0 spiro atoms. The molecule has 0 saturated heterocycles. The lowest BCUT2D eigenvalue weighted by molar-refractivity contribution is -0.137. The number of unbranched alkanes of at least 4 members (excludes halogenated alkanes) is 2. The highest BCUT2D eigenvalue weighted by Crippen LogP contribution is 2.14. The van der Waals surface area contributed by atoms with Gasteiger partial charge in [-0.05, 0) is 42.7 Å². The molecule has 0 bridgehead atoms. The zero-order valence-electron chi connectivity index (χ0n) is 12.2. The summed E-state index contributed by atoms with van der Waals surface area (Å²) < 4.78 is 0. The molecule has 0 radical (unpaired) electrons. The Hall–Kier alpha value is -1.31. The van der Waals surface area contributed by atoms with E-state index in [1.807, 2.05) is 0 Å². The van der Waals surface area contributed by atoms with Gasteiger partial charge < -0.3 is 5.11 Å². The Bertz CT molecular complexity index is 367. The molecule has 0 saturated carbocycles. The smallest absolute Gasteiger partial charge is 0.303 e. The molecular formula is C17H26O2. The largest absolute Gasteiger partial charge is 0.481 e. The number of carboxylic acids is 1. The molecule has 0 amide bonds. The van der Waals surface area contributed by atoms with Gasteiger partial charge in [-0.25, -0.2) is 0 Å². The average Bonchev–Trinajstić information content (AvgIpc) is 2.39. The number of hydrogen-bond acceptors (Lipinski definition) is 1. The van der Waals surface area contributed by atoms with Crippen LogP contribution >= 0.6 is 0 Å². The molecule has 106 valence electrons. The van der Waals surface area contributed by atoms with Crippen molar-refractivity contribution in [2.24, 2.45) is 5.92 Å². The third-order valence-electron chi connectivity index (χ3n) is 3.66. The normalized spacial score (nSPS) is 12.3. The van der Waals surface area contributed by atoms with E-state index in [0.717, 1.165) is 38.0 Å². The van der Waals surface area contributed by atoms with Crippen LogP contribution in [0.4, 0.5) is 0 Å². The van der Waals surface area contributed by atoms with Crippen molar-refractivity contribution in [3.63, 3.8) is 0 Å². The monoisotopic (exact) mass is 262 g/mol. The van der Waals surface area contributed by atoms with Gasteiger partial charge in [-0.1, -0.05) is 51.0 Å². The van der Waals surface area contributed by atoms with Gasteiger partial charge in [-0.3, -0.25) is 4.79 Å². The highest BCUT2D eigenvalue weighted by molar-refractivity contribution is 5.66. The van der Waals surface area contributed by atoms with Crippen molar-refractivity contribution in [1.82, 2.24) is 0 Å². The van der Waals surface area contributed by atoms with E-state index in [2.05, 4.69) is 38.1 Å². The Morgan fingerprint density at radius 1 is 1.11 bits per heavy atom. The number of benzene rings is 1. The van der Waals surface area contributed by atoms with Crippen LogP contribution in [0.2, 0.25) is 0 Å². The number of carboxylic acid groups (broad SMARTS) is 1. The number of rotatable bonds is 9. The van der Waals surface area contributed by atoms with Gasteiger partial charge in [0.05, 0.1) is 0 Å². The molecule has 0 heterocycles. The van der Waals surface area contributed by atoms with Crippen LogP contribution in [0.3, 0.4) is 0 Å². The molecule has 0 aromatic heterocycles. The topological polar surface area (TPSA) is 37.3 Å². The summed E-state index contributed by atoms with van der Waals surface area (Å²) in [6.07, 6.45) is 6.62. The van der Waals surface area contributed by atoms with E-state index in [4.69, 9.17) is 5.11 Å². The second-order valence-electron chi connectivity index (χ2n) is 5.49. The predicted molar refractivity (Wildman–Crippen MR) is 79.4 cm³/mol. The van der Waals surface area contributed by atoms with Gasteiger partial charge in [-0.15, -0.1) is 0 Å². The molecular weight excluding hydrogens is 236 g/mol. The van der Waals surface area contributed by atoms with E-state index in [1.54, 1.807) is 0 Å². The highest BCUT2D eigenvalue weighted by Gasteiger charge is 2.01. The Morgan fingerprint density at radius 3 is 2.32 bits per heavy atom. The van der Waals surface area contributed by atoms with Gasteiger partial charge in [0.25, 0.3) is 0 Å². The second-order valence-corrected chi connectivity index (χ2v) is 5.49. The quantitative estimate of drug-likeness (QED) is 0.667. The molecule has 1 rings (SSSR count). The van der Waals surface area contributed by atoms with Crippen LogP contribution in [-0.4, -0.2) is 11.1 Å². The van der Waals surface area contributed by atoms with Crippen molar-refractivity contribution >= 4 is 5.97 Å². The Labute approximate surface area is 116 Å². The van der Waals surface area contributed by atoms with Crippen molar-refractivity contribution in [2.75, 3.05) is 0 Å². The molecule has 0 aliphatic carbocycles. The Balaban J connectivity index is 2.26. The minimum atomic E-state index is -0.686. The third kappa shape index (κ3) is 7.00. The molecule has 19 heavy (non-hydrogen) atoms. The molecule has 2 heteroatoms. The van der Waals surface area contributed by atoms with Crippen LogP contribution in [0.25, 0.3) is 0 Å². The molecule has 1 aromatic rings. The average molecular weight is 262 g/mol. The van der Waals surface area contributed by atoms with Crippen LogP contribution in [0.15, 0.2) is 24.3 Å². The molecule has 1 N–H and O–H groups in total. The first-order valence-corrected chi connectivity index (χ1v) is 7.41. The van der Waals surface area contributed by atoms with Crippen LogP contribution in [0.1, 0.15) is 57.1 Å². The molecule has 1 aromatic carbocycles. The first-order chi connectivity index (χ1) is 9.11. The molecule has 0 unspecified atom stereocenters. The van der Waals surface area contributed by atoms with Crippen molar-refractivity contribution in [3.8, 4) is 0 Å². The summed E-state index contributed by atoms with van der Waals surface area (Å²) in [5.41, 5.74) is 2.78. The van der Waals surface area contributed by atoms with Gasteiger partial charge in [0, 0.05) is 6.42 Å². The number of aliphatic carboxylic acids is 1. The molecule has 0 aliphatic heterocycles. The standard InChI is InChI=1S/C17H26O2/c1-3-14(2)13-16-11-9-15(10-12-16)7-5-4-6-8-17(18)19/h9-12,14H,3-8,13H2,1-2H3,(H,18,19)/t14-/m1/s1. The van der Waals surface area contributed by atoms with E-state index in [-0.39, 0.29) is 0 Å². The van der Waals surface area contributed by atoms with Crippen LogP contribution < -0.4 is 0 Å². The minimum Gasteiger partial charge on any atom is -0.481 e. The predicted octanol–water partition coefficient (Wildman–Crippen LogP) is 4.46. The summed E-state index contributed by atoms with van der Waals surface area (Å²) in [5, 5.41) is 8.55. The molecule has 0 aliphatic rings. The summed E-state index contributed by atoms with van der Waals surface area (Å²) in [5.74, 6) is 0.0660. The van der Waals surface area contributed by atoms with Crippen LogP contribution in [0.5, 0.6) is 0 Å². The van der Waals surface area contributed by atoms with Crippen molar-refractivity contribution < 1.29 is 9.90 Å². The first kappa shape index (κ1) is 15.7. The Kier molecular flexibility index (Phi) is 7.24. The number of aryl methyl sites for hydroxylation is 1. The van der Waals surface area contributed by atoms with E-state index >= 15 is 0 Å². The maximum Gasteiger partial charge on any atom is 0.303 e. The lowest BCUT2D eigenvalue weighted by atomic mass is 9.97. The summed E-state index contributed by atoms with van der Waals surface area (Å²) in [6.45, 7) is 4.52. The lowest BCUT2D eigenvalue weighted by Crippen LogP contribution is -1.98. The first-order valence-electron chi connectivity index (χ1n) is 7.41. The summed E-state index contributed by atoms with van der Waals surface area (Å²) >= 11 is 0. The van der Waals surface area contributed by atoms with Gasteiger partial charge in [0.2, 0.25) is 0 Å². The Morgan fingerprint density at radius 2 is 1.74 bits per heavy atom. The van der Waals surface area contributed by atoms with Crippen LogP contribution in [0, 0.1) is 5.92 Å². The summed E-state index contributed by atoms with van der Waals surface area (Å²) in [4.78, 5) is 10.4. The zero-order chi connectivity index (χ0) is 14.1. The van der Waals surface area contributed by atoms with Crippen molar-refractivity contribution in [3.05, 3.63) is 35.4 Å². The highest BCUT2D eigenvalue weighted by atomic mass is 16.4. The van der Waals surface area contributed by atoms with E-state index < -0.39 is 5.97 Å². The van der Waals surface area contributed by atoms with Gasteiger partial charge in [-0.2, -0.15) is 0 Å². The zero-order valence-corrected chi connectivity index (χ0v) is 12.2. The fourth-order valence-electron chi connectivity index (χ4n) is 2.17. The fraction of sp³-hybridized carbons (Fsp3) is 0.588. The minimum absolute atomic E-state index is 0.299. The number of carbonyl (C=O) groups is 1. The maximum absolute atomic E-state index is 10.4. The van der Waals surface area contributed by atoms with E-state index in [1.165, 1.54) is 17.5 Å². The molecule has 1 atom stereocenters. The van der Waals surface area contributed by atoms with Crippen molar-refractivity contribution in [2.45, 2.75) is 58.8 Å². The molecule has 0 fully saturated rings. The summed E-state index contributed by atoms with van der Waals surface area (Å²) in [6, 6.07) is 8.90. The summed E-state index contributed by atoms with van der Waals surface area (Å²) in [7, 11) is 0. The van der Waals surface area contributed by atoms with Gasteiger partial charge >= 0.3 is 5.97 Å². The van der Waals surface area contributed by atoms with E-state index in [9.17, 15) is 4.79 Å². The molecule has 2 nitrogen and oxygen atoms in total. The van der Waals surface area contributed by atoms with Gasteiger partial charge in [0.15, 0.2) is 0 Å². The fourth-order valence-corrected chi connectivity index (χ4v) is 2.17. The SMILES string of the molecule is CC[C@@H](C)Cc1ccc(CCCCCC(=O)O)cc1.